The number of carbonyl (C=O) groups is 1. The Labute approximate surface area is 300 Å². The van der Waals surface area contributed by atoms with Crippen molar-refractivity contribution in [1.29, 1.82) is 0 Å². The van der Waals surface area contributed by atoms with Crippen LogP contribution in [0.1, 0.15) is 76.8 Å². The number of rotatable bonds is 13. The topological polar surface area (TPSA) is 98.4 Å². The second-order valence-electron chi connectivity index (χ2n) is 14.3. The van der Waals surface area contributed by atoms with Gasteiger partial charge in [0.25, 0.3) is 0 Å². The standard InChI is InChI=1S/C40H49ClN4O5/c1-10-13-26(4)49-32-15-12-14-30(41)35(32)29-23-28(17-16-25(29)3)31-24-33-42-27(5)34(36(38(46)47)50-39(6,7)8)37(45(33)43-31)44-20-18-40(9,19-21-44)48-22-11-2/h10-12,14-17,23-24,26,36H,1-2,13,18-22H2,3-9H3,(H,46,47)/t26-,36?/m0/s1. The van der Waals surface area contributed by atoms with Crippen molar-refractivity contribution in [2.45, 2.75) is 91.1 Å². The number of ether oxygens (including phenoxy) is 3. The van der Waals surface area contributed by atoms with Gasteiger partial charge in [-0.1, -0.05) is 42.0 Å². The molecule has 1 unspecified atom stereocenters. The maximum absolute atomic E-state index is 12.9. The van der Waals surface area contributed by atoms with E-state index in [9.17, 15) is 9.90 Å². The maximum Gasteiger partial charge on any atom is 0.337 e. The lowest BCUT2D eigenvalue weighted by molar-refractivity contribution is -0.160. The van der Waals surface area contributed by atoms with Crippen molar-refractivity contribution in [3.05, 3.63) is 89.6 Å². The van der Waals surface area contributed by atoms with E-state index in [1.807, 2.05) is 84.0 Å². The van der Waals surface area contributed by atoms with Crippen LogP contribution in [0.15, 0.2) is 67.8 Å². The summed E-state index contributed by atoms with van der Waals surface area (Å²) in [5.41, 5.74) is 4.93. The Morgan fingerprint density at radius 1 is 1.12 bits per heavy atom. The number of anilines is 1. The van der Waals surface area contributed by atoms with Gasteiger partial charge in [-0.2, -0.15) is 9.61 Å². The van der Waals surface area contributed by atoms with Crippen molar-refractivity contribution < 1.29 is 24.1 Å². The first-order valence-corrected chi connectivity index (χ1v) is 17.5. The van der Waals surface area contributed by atoms with Crippen LogP contribution in [-0.2, 0) is 14.3 Å². The number of nitrogens with zero attached hydrogens (tertiary/aromatic N) is 4. The summed E-state index contributed by atoms with van der Waals surface area (Å²) in [6.07, 6.45) is 4.45. The summed E-state index contributed by atoms with van der Waals surface area (Å²) in [6, 6.07) is 13.8. The maximum atomic E-state index is 12.9. The number of aromatic nitrogens is 3. The number of carboxylic acid groups (broad SMARTS) is 1. The smallest absolute Gasteiger partial charge is 0.337 e. The van der Waals surface area contributed by atoms with Gasteiger partial charge in [0.2, 0.25) is 0 Å². The van der Waals surface area contributed by atoms with Crippen LogP contribution in [0.5, 0.6) is 5.75 Å². The van der Waals surface area contributed by atoms with Crippen molar-refractivity contribution in [3.8, 4) is 28.1 Å². The summed E-state index contributed by atoms with van der Waals surface area (Å²) in [7, 11) is 0. The van der Waals surface area contributed by atoms with Gasteiger partial charge < -0.3 is 24.2 Å². The summed E-state index contributed by atoms with van der Waals surface area (Å²) in [4.78, 5) is 19.9. The zero-order valence-corrected chi connectivity index (χ0v) is 31.0. The van der Waals surface area contributed by atoms with Crippen LogP contribution in [0.2, 0.25) is 5.02 Å². The number of fused-ring (bicyclic) bond motifs is 1. The monoisotopic (exact) mass is 700 g/mol. The molecule has 9 nitrogen and oxygen atoms in total. The molecule has 0 bridgehead atoms. The van der Waals surface area contributed by atoms with Gasteiger partial charge in [-0.05, 0) is 90.6 Å². The zero-order chi connectivity index (χ0) is 36.4. The van der Waals surface area contributed by atoms with Crippen LogP contribution < -0.4 is 9.64 Å². The molecule has 1 fully saturated rings. The van der Waals surface area contributed by atoms with Crippen molar-refractivity contribution in [2.24, 2.45) is 0 Å². The first-order valence-electron chi connectivity index (χ1n) is 17.1. The second-order valence-corrected chi connectivity index (χ2v) is 14.7. The number of hydrogen-bond donors (Lipinski definition) is 1. The minimum Gasteiger partial charge on any atom is -0.490 e. The third kappa shape index (κ3) is 8.06. The summed E-state index contributed by atoms with van der Waals surface area (Å²) < 4.78 is 20.4. The normalized spacial score (nSPS) is 15.9. The fourth-order valence-corrected chi connectivity index (χ4v) is 6.73. The fraction of sp³-hybridized carbons (Fsp3) is 0.425. The van der Waals surface area contributed by atoms with E-state index in [2.05, 4.69) is 31.0 Å². The number of halogens is 1. The molecule has 1 aliphatic rings. The van der Waals surface area contributed by atoms with Gasteiger partial charge in [-0.3, -0.25) is 0 Å². The van der Waals surface area contributed by atoms with Gasteiger partial charge in [0.05, 0.1) is 40.2 Å². The van der Waals surface area contributed by atoms with Gasteiger partial charge in [0.15, 0.2) is 11.8 Å². The Morgan fingerprint density at radius 3 is 2.48 bits per heavy atom. The molecule has 1 N–H and O–H groups in total. The highest BCUT2D eigenvalue weighted by molar-refractivity contribution is 6.33. The zero-order valence-electron chi connectivity index (χ0n) is 30.3. The number of benzene rings is 2. The molecule has 2 atom stereocenters. The van der Waals surface area contributed by atoms with E-state index in [-0.39, 0.29) is 11.7 Å². The molecule has 0 radical (unpaired) electrons. The lowest BCUT2D eigenvalue weighted by Crippen LogP contribution is -2.45. The largest absolute Gasteiger partial charge is 0.490 e. The van der Waals surface area contributed by atoms with E-state index >= 15 is 0 Å². The van der Waals surface area contributed by atoms with Gasteiger partial charge in [0.1, 0.15) is 11.6 Å². The first-order chi connectivity index (χ1) is 23.6. The predicted octanol–water partition coefficient (Wildman–Crippen LogP) is 9.18. The van der Waals surface area contributed by atoms with Crippen LogP contribution >= 0.6 is 11.6 Å². The highest BCUT2D eigenvalue weighted by Crippen LogP contribution is 2.42. The summed E-state index contributed by atoms with van der Waals surface area (Å²) in [5, 5.41) is 16.2. The molecule has 0 spiro atoms. The van der Waals surface area contributed by atoms with E-state index in [0.717, 1.165) is 35.1 Å². The molecule has 0 amide bonds. The number of piperidine rings is 1. The van der Waals surface area contributed by atoms with Crippen molar-refractivity contribution >= 4 is 29.0 Å². The lowest BCUT2D eigenvalue weighted by Gasteiger charge is -2.41. The van der Waals surface area contributed by atoms with E-state index in [0.29, 0.717) is 65.3 Å². The van der Waals surface area contributed by atoms with E-state index in [1.54, 1.807) is 10.6 Å². The van der Waals surface area contributed by atoms with Gasteiger partial charge >= 0.3 is 5.97 Å². The highest BCUT2D eigenvalue weighted by atomic mass is 35.5. The Balaban J connectivity index is 1.66. The van der Waals surface area contributed by atoms with Crippen LogP contribution in [0.4, 0.5) is 5.82 Å². The minimum atomic E-state index is -1.26. The van der Waals surface area contributed by atoms with Crippen molar-refractivity contribution in [2.75, 3.05) is 24.6 Å². The van der Waals surface area contributed by atoms with E-state index in [4.69, 9.17) is 35.9 Å². The fourth-order valence-electron chi connectivity index (χ4n) is 6.46. The molecule has 2 aromatic heterocycles. The molecule has 2 aromatic carbocycles. The van der Waals surface area contributed by atoms with Crippen LogP contribution in [0.25, 0.3) is 28.0 Å². The van der Waals surface area contributed by atoms with Crippen molar-refractivity contribution in [3.63, 3.8) is 0 Å². The SMILES string of the molecule is C=CCOC1(C)CCN(c2c(C(OC(C)(C)C)C(=O)O)c(C)nc3cc(-c4ccc(C)c(-c5c(Cl)cccc5O[C@@H](C)CC=C)c4)nn23)CC1. The summed E-state index contributed by atoms with van der Waals surface area (Å²) in [5.74, 6) is 0.267. The first kappa shape index (κ1) is 37.1. The van der Waals surface area contributed by atoms with Crippen LogP contribution in [-0.4, -0.2) is 62.7 Å². The van der Waals surface area contributed by atoms with E-state index < -0.39 is 17.7 Å². The van der Waals surface area contributed by atoms with Gasteiger partial charge in [-0.15, -0.1) is 13.2 Å². The molecular weight excluding hydrogens is 652 g/mol. The molecule has 0 saturated carbocycles. The average Bonchev–Trinajstić information content (AvgIpc) is 3.46. The Hall–Kier alpha value is -4.18. The Bertz CT molecular complexity index is 1890. The second kappa shape index (κ2) is 15.0. The summed E-state index contributed by atoms with van der Waals surface area (Å²) in [6.45, 7) is 22.9. The molecule has 50 heavy (non-hydrogen) atoms. The molecule has 3 heterocycles. The molecule has 1 aliphatic heterocycles. The van der Waals surface area contributed by atoms with Crippen LogP contribution in [0, 0.1) is 13.8 Å². The van der Waals surface area contributed by atoms with Crippen molar-refractivity contribution in [1.82, 2.24) is 14.6 Å². The number of aryl methyl sites for hydroxylation is 2. The molecule has 5 rings (SSSR count). The average molecular weight is 701 g/mol. The third-order valence-corrected chi connectivity index (χ3v) is 9.35. The molecule has 10 heteroatoms. The van der Waals surface area contributed by atoms with Gasteiger partial charge in [-0.25, -0.2) is 9.78 Å². The number of carboxylic acids is 1. The van der Waals surface area contributed by atoms with Crippen LogP contribution in [0.3, 0.4) is 0 Å². The number of hydrogen-bond acceptors (Lipinski definition) is 7. The molecule has 1 saturated heterocycles. The molecule has 0 aliphatic carbocycles. The van der Waals surface area contributed by atoms with Gasteiger partial charge in [0, 0.05) is 42.4 Å². The third-order valence-electron chi connectivity index (χ3n) is 9.04. The molecular formula is C40H49ClN4O5. The molecule has 266 valence electrons. The Morgan fingerprint density at radius 2 is 1.84 bits per heavy atom. The quantitative estimate of drug-likeness (QED) is 0.138. The molecule has 4 aromatic rings. The highest BCUT2D eigenvalue weighted by Gasteiger charge is 2.37. The Kier molecular flexibility index (Phi) is 11.1. The predicted molar refractivity (Wildman–Crippen MR) is 200 cm³/mol. The van der Waals surface area contributed by atoms with E-state index in [1.165, 1.54) is 0 Å². The summed E-state index contributed by atoms with van der Waals surface area (Å²) >= 11 is 6.84. The minimum absolute atomic E-state index is 0.0772. The number of aliphatic carboxylic acids is 1. The lowest BCUT2D eigenvalue weighted by atomic mass is 9.92.